The third-order valence-corrected chi connectivity index (χ3v) is 3.76. The van der Waals surface area contributed by atoms with Crippen molar-refractivity contribution >= 4 is 17.7 Å². The Hall–Kier alpha value is -1.22. The molecule has 3 heteroatoms. The Morgan fingerprint density at radius 1 is 1.28 bits per heavy atom. The minimum Gasteiger partial charge on any atom is -0.478 e. The summed E-state index contributed by atoms with van der Waals surface area (Å²) in [5.41, 5.74) is 2.35. The van der Waals surface area contributed by atoms with Crippen LogP contribution in [0.15, 0.2) is 40.8 Å². The quantitative estimate of drug-likeness (QED) is 0.657. The van der Waals surface area contributed by atoms with Crippen molar-refractivity contribution < 1.29 is 9.90 Å². The molecule has 18 heavy (non-hydrogen) atoms. The van der Waals surface area contributed by atoms with Gasteiger partial charge in [0.15, 0.2) is 0 Å². The Labute approximate surface area is 113 Å². The van der Waals surface area contributed by atoms with Gasteiger partial charge in [0.2, 0.25) is 0 Å². The molecule has 0 aromatic heterocycles. The van der Waals surface area contributed by atoms with Gasteiger partial charge in [0.05, 0.1) is 0 Å². The van der Waals surface area contributed by atoms with Crippen molar-refractivity contribution in [2.45, 2.75) is 38.0 Å². The highest BCUT2D eigenvalue weighted by atomic mass is 32.2. The molecule has 1 rings (SSSR count). The maximum absolute atomic E-state index is 10.5. The van der Waals surface area contributed by atoms with Crippen LogP contribution < -0.4 is 0 Å². The number of thioether (sulfide) groups is 1. The van der Waals surface area contributed by atoms with Gasteiger partial charge < -0.3 is 5.11 Å². The molecule has 1 aromatic rings. The van der Waals surface area contributed by atoms with Crippen molar-refractivity contribution in [3.8, 4) is 0 Å². The van der Waals surface area contributed by atoms with Gasteiger partial charge in [-0.05, 0) is 30.0 Å². The maximum atomic E-state index is 10.5. The number of carboxylic acids is 1. The summed E-state index contributed by atoms with van der Waals surface area (Å²) in [7, 11) is 0. The lowest BCUT2D eigenvalue weighted by Gasteiger charge is -2.19. The van der Waals surface area contributed by atoms with Crippen LogP contribution in [0.4, 0.5) is 0 Å². The lowest BCUT2D eigenvalue weighted by molar-refractivity contribution is -0.131. The Morgan fingerprint density at radius 3 is 2.28 bits per heavy atom. The summed E-state index contributed by atoms with van der Waals surface area (Å²) in [6.07, 6.45) is 1.26. The fourth-order valence-corrected chi connectivity index (χ4v) is 2.31. The maximum Gasteiger partial charge on any atom is 0.328 e. The van der Waals surface area contributed by atoms with Gasteiger partial charge in [-0.1, -0.05) is 38.5 Å². The third kappa shape index (κ3) is 4.96. The molecule has 0 aliphatic rings. The van der Waals surface area contributed by atoms with E-state index in [0.29, 0.717) is 5.75 Å². The summed E-state index contributed by atoms with van der Waals surface area (Å²) in [5.74, 6) is -0.169. The fourth-order valence-electron chi connectivity index (χ4n) is 1.50. The van der Waals surface area contributed by atoms with Crippen LogP contribution in [0.25, 0.3) is 0 Å². The SMILES string of the molecule is CC(=CC(=O)O)CSc1ccc(C(C)(C)C)cc1. The van der Waals surface area contributed by atoms with E-state index in [4.69, 9.17) is 5.11 Å². The molecule has 0 amide bonds. The Balaban J connectivity index is 2.63. The highest BCUT2D eigenvalue weighted by Crippen LogP contribution is 2.26. The zero-order valence-electron chi connectivity index (χ0n) is 11.4. The van der Waals surface area contributed by atoms with E-state index in [-0.39, 0.29) is 5.41 Å². The number of aliphatic carboxylic acids is 1. The highest BCUT2D eigenvalue weighted by molar-refractivity contribution is 7.99. The number of hydrogen-bond acceptors (Lipinski definition) is 2. The summed E-state index contributed by atoms with van der Waals surface area (Å²) in [5, 5.41) is 8.62. The first-order valence-corrected chi connectivity index (χ1v) is 6.91. The lowest BCUT2D eigenvalue weighted by atomic mass is 9.87. The van der Waals surface area contributed by atoms with Crippen molar-refractivity contribution in [1.82, 2.24) is 0 Å². The van der Waals surface area contributed by atoms with Gasteiger partial charge in [-0.2, -0.15) is 0 Å². The average molecular weight is 264 g/mol. The third-order valence-electron chi connectivity index (χ3n) is 2.56. The minimum absolute atomic E-state index is 0.169. The summed E-state index contributed by atoms with van der Waals surface area (Å²) in [4.78, 5) is 11.7. The summed E-state index contributed by atoms with van der Waals surface area (Å²) in [6, 6.07) is 8.47. The number of hydrogen-bond donors (Lipinski definition) is 1. The second-order valence-corrected chi connectivity index (χ2v) is 6.44. The Bertz CT molecular complexity index is 439. The van der Waals surface area contributed by atoms with Crippen LogP contribution >= 0.6 is 11.8 Å². The smallest absolute Gasteiger partial charge is 0.328 e. The van der Waals surface area contributed by atoms with Crippen LogP contribution in [0.5, 0.6) is 0 Å². The van der Waals surface area contributed by atoms with Crippen molar-refractivity contribution in [2.24, 2.45) is 0 Å². The molecule has 0 saturated heterocycles. The molecule has 0 atom stereocenters. The average Bonchev–Trinajstić information content (AvgIpc) is 2.25. The van der Waals surface area contributed by atoms with E-state index in [1.54, 1.807) is 11.8 Å². The largest absolute Gasteiger partial charge is 0.478 e. The van der Waals surface area contributed by atoms with Gasteiger partial charge in [-0.3, -0.25) is 0 Å². The van der Waals surface area contributed by atoms with Gasteiger partial charge >= 0.3 is 5.97 Å². The number of benzene rings is 1. The van der Waals surface area contributed by atoms with Gasteiger partial charge in [-0.25, -0.2) is 4.79 Å². The van der Waals surface area contributed by atoms with Crippen LogP contribution in [-0.2, 0) is 10.2 Å². The molecule has 0 radical (unpaired) electrons. The Morgan fingerprint density at radius 2 is 1.83 bits per heavy atom. The molecule has 2 nitrogen and oxygen atoms in total. The van der Waals surface area contributed by atoms with Crippen molar-refractivity contribution in [1.29, 1.82) is 0 Å². The molecule has 0 unspecified atom stereocenters. The normalized spacial score (nSPS) is 12.6. The van der Waals surface area contributed by atoms with E-state index in [0.717, 1.165) is 5.57 Å². The van der Waals surface area contributed by atoms with E-state index in [2.05, 4.69) is 45.0 Å². The van der Waals surface area contributed by atoms with Crippen LogP contribution in [0.2, 0.25) is 0 Å². The van der Waals surface area contributed by atoms with E-state index < -0.39 is 5.97 Å². The molecule has 0 heterocycles. The van der Waals surface area contributed by atoms with Crippen LogP contribution in [0, 0.1) is 0 Å². The van der Waals surface area contributed by atoms with Gasteiger partial charge in [-0.15, -0.1) is 11.8 Å². The monoisotopic (exact) mass is 264 g/mol. The summed E-state index contributed by atoms with van der Waals surface area (Å²) >= 11 is 1.66. The predicted octanol–water partition coefficient (Wildman–Crippen LogP) is 4.11. The highest BCUT2D eigenvalue weighted by Gasteiger charge is 2.12. The van der Waals surface area contributed by atoms with E-state index in [9.17, 15) is 4.79 Å². The second-order valence-electron chi connectivity index (χ2n) is 5.39. The Kier molecular flexibility index (Phi) is 5.03. The van der Waals surface area contributed by atoms with Crippen LogP contribution in [0.1, 0.15) is 33.3 Å². The molecule has 0 spiro atoms. The first-order valence-electron chi connectivity index (χ1n) is 5.92. The van der Waals surface area contributed by atoms with E-state index in [1.807, 2.05) is 6.92 Å². The van der Waals surface area contributed by atoms with E-state index >= 15 is 0 Å². The number of carbonyl (C=O) groups is 1. The molecular formula is C15H20O2S. The molecule has 0 fully saturated rings. The molecule has 0 bridgehead atoms. The number of carboxylic acid groups (broad SMARTS) is 1. The van der Waals surface area contributed by atoms with Gasteiger partial charge in [0.25, 0.3) is 0 Å². The zero-order valence-corrected chi connectivity index (χ0v) is 12.2. The van der Waals surface area contributed by atoms with Crippen molar-refractivity contribution in [3.63, 3.8) is 0 Å². The summed E-state index contributed by atoms with van der Waals surface area (Å²) < 4.78 is 0. The molecule has 1 N–H and O–H groups in total. The van der Waals surface area contributed by atoms with E-state index in [1.165, 1.54) is 16.5 Å². The van der Waals surface area contributed by atoms with Gasteiger partial charge in [0, 0.05) is 16.7 Å². The second kappa shape index (κ2) is 6.10. The van der Waals surface area contributed by atoms with Crippen molar-refractivity contribution in [2.75, 3.05) is 5.75 Å². The lowest BCUT2D eigenvalue weighted by Crippen LogP contribution is -2.10. The predicted molar refractivity (Wildman–Crippen MR) is 77.3 cm³/mol. The van der Waals surface area contributed by atoms with Crippen LogP contribution in [-0.4, -0.2) is 16.8 Å². The minimum atomic E-state index is -0.879. The summed E-state index contributed by atoms with van der Waals surface area (Å²) in [6.45, 7) is 8.41. The molecular weight excluding hydrogens is 244 g/mol. The molecule has 1 aromatic carbocycles. The first-order chi connectivity index (χ1) is 8.29. The van der Waals surface area contributed by atoms with Crippen molar-refractivity contribution in [3.05, 3.63) is 41.5 Å². The number of rotatable bonds is 4. The van der Waals surface area contributed by atoms with Crippen LogP contribution in [0.3, 0.4) is 0 Å². The molecule has 0 saturated carbocycles. The molecule has 98 valence electrons. The molecule has 0 aliphatic heterocycles. The molecule has 0 aliphatic carbocycles. The topological polar surface area (TPSA) is 37.3 Å². The standard InChI is InChI=1S/C15H20O2S/c1-11(9-14(16)17)10-18-13-7-5-12(6-8-13)15(2,3)4/h5-9H,10H2,1-4H3,(H,16,17). The van der Waals surface area contributed by atoms with Gasteiger partial charge in [0.1, 0.15) is 0 Å². The zero-order chi connectivity index (χ0) is 13.8. The fraction of sp³-hybridized carbons (Fsp3) is 0.400. The first kappa shape index (κ1) is 14.8.